The van der Waals surface area contributed by atoms with Crippen molar-refractivity contribution < 1.29 is 14.3 Å². The Morgan fingerprint density at radius 1 is 1.47 bits per heavy atom. The third-order valence-electron chi connectivity index (χ3n) is 4.39. The van der Waals surface area contributed by atoms with Crippen LogP contribution in [0.5, 0.6) is 0 Å². The maximum Gasteiger partial charge on any atom is 0.357 e. The van der Waals surface area contributed by atoms with Crippen LogP contribution in [0, 0.1) is 0 Å². The van der Waals surface area contributed by atoms with Crippen molar-refractivity contribution in [2.75, 3.05) is 12.4 Å². The number of hydrogen-bond donors (Lipinski definition) is 2. The molecule has 6 heteroatoms. The van der Waals surface area contributed by atoms with Crippen LogP contribution >= 0.6 is 0 Å². The number of carbonyl (C=O) groups is 1. The first kappa shape index (κ1) is 12.5. The van der Waals surface area contributed by atoms with E-state index in [2.05, 4.69) is 22.2 Å². The summed E-state index contributed by atoms with van der Waals surface area (Å²) < 4.78 is 5.16. The first-order chi connectivity index (χ1) is 9.13. The second-order valence-electron chi connectivity index (χ2n) is 5.56. The Labute approximate surface area is 111 Å². The van der Waals surface area contributed by atoms with Gasteiger partial charge in [0.25, 0.3) is 6.01 Å². The van der Waals surface area contributed by atoms with Crippen LogP contribution in [0.3, 0.4) is 0 Å². The molecule has 2 aliphatic rings. The van der Waals surface area contributed by atoms with E-state index in [1.165, 1.54) is 25.5 Å². The van der Waals surface area contributed by atoms with Gasteiger partial charge >= 0.3 is 5.97 Å². The van der Waals surface area contributed by atoms with Gasteiger partial charge in [0.1, 0.15) is 6.26 Å². The Morgan fingerprint density at radius 3 is 2.74 bits per heavy atom. The molecule has 6 nitrogen and oxygen atoms in total. The maximum absolute atomic E-state index is 10.8. The molecule has 1 aromatic rings. The van der Waals surface area contributed by atoms with E-state index in [1.54, 1.807) is 0 Å². The summed E-state index contributed by atoms with van der Waals surface area (Å²) in [7, 11) is 2.21. The second kappa shape index (κ2) is 4.85. The largest absolute Gasteiger partial charge is 0.476 e. The number of rotatable bonds is 3. The van der Waals surface area contributed by atoms with Gasteiger partial charge in [0, 0.05) is 18.1 Å². The predicted molar refractivity (Wildman–Crippen MR) is 69.3 cm³/mol. The Hall–Kier alpha value is -1.56. The fourth-order valence-corrected chi connectivity index (χ4v) is 3.35. The van der Waals surface area contributed by atoms with Gasteiger partial charge in [-0.3, -0.25) is 0 Å². The summed E-state index contributed by atoms with van der Waals surface area (Å²) in [4.78, 5) is 17.2. The molecule has 0 aromatic carbocycles. The lowest BCUT2D eigenvalue weighted by atomic mass is 9.82. The molecule has 2 aliphatic heterocycles. The monoisotopic (exact) mass is 265 g/mol. The summed E-state index contributed by atoms with van der Waals surface area (Å²) in [6, 6.07) is 1.90. The minimum Gasteiger partial charge on any atom is -0.476 e. The lowest BCUT2D eigenvalue weighted by Gasteiger charge is -2.47. The number of hydrogen-bond acceptors (Lipinski definition) is 5. The van der Waals surface area contributed by atoms with Crippen LogP contribution < -0.4 is 5.32 Å². The Bertz CT molecular complexity index is 459. The van der Waals surface area contributed by atoms with Crippen molar-refractivity contribution in [2.24, 2.45) is 0 Å². The summed E-state index contributed by atoms with van der Waals surface area (Å²) in [5.74, 6) is -1.06. The minimum absolute atomic E-state index is 0.0457. The summed E-state index contributed by atoms with van der Waals surface area (Å²) >= 11 is 0. The summed E-state index contributed by atoms with van der Waals surface area (Å²) in [6.45, 7) is 0. The third kappa shape index (κ3) is 2.45. The molecule has 1 aromatic heterocycles. The highest BCUT2D eigenvalue weighted by atomic mass is 16.4. The van der Waals surface area contributed by atoms with Gasteiger partial charge in [0.15, 0.2) is 5.69 Å². The number of carboxylic acids is 1. The molecular weight excluding hydrogens is 246 g/mol. The average molecular weight is 265 g/mol. The van der Waals surface area contributed by atoms with Crippen LogP contribution in [0.15, 0.2) is 10.7 Å². The number of oxazole rings is 1. The van der Waals surface area contributed by atoms with Crippen molar-refractivity contribution in [3.05, 3.63) is 12.0 Å². The lowest BCUT2D eigenvalue weighted by molar-refractivity contribution is 0.0604. The minimum atomic E-state index is -1.06. The molecule has 19 heavy (non-hydrogen) atoms. The quantitative estimate of drug-likeness (QED) is 0.867. The highest BCUT2D eigenvalue weighted by Gasteiger charge is 2.36. The van der Waals surface area contributed by atoms with E-state index >= 15 is 0 Å². The number of fused-ring (bicyclic) bond motifs is 2. The number of aromatic nitrogens is 1. The fraction of sp³-hybridized carbons (Fsp3) is 0.692. The van der Waals surface area contributed by atoms with Gasteiger partial charge in [0.05, 0.1) is 0 Å². The van der Waals surface area contributed by atoms with Crippen LogP contribution in [0.2, 0.25) is 0 Å². The lowest BCUT2D eigenvalue weighted by Crippen LogP contribution is -2.52. The number of carboxylic acid groups (broad SMARTS) is 1. The number of aromatic carboxylic acids is 1. The predicted octanol–water partition coefficient (Wildman–Crippen LogP) is 1.80. The third-order valence-corrected chi connectivity index (χ3v) is 4.39. The summed E-state index contributed by atoms with van der Waals surface area (Å²) in [5.41, 5.74) is -0.0457. The molecule has 0 spiro atoms. The maximum atomic E-state index is 10.8. The van der Waals surface area contributed by atoms with Crippen LogP contribution in [0.1, 0.15) is 42.6 Å². The smallest absolute Gasteiger partial charge is 0.357 e. The molecule has 104 valence electrons. The second-order valence-corrected chi connectivity index (χ2v) is 5.56. The molecular formula is C13H19N3O3. The average Bonchev–Trinajstić information content (AvgIpc) is 2.79. The molecule has 2 saturated heterocycles. The molecule has 2 unspecified atom stereocenters. The van der Waals surface area contributed by atoms with Gasteiger partial charge in [-0.15, -0.1) is 0 Å². The van der Waals surface area contributed by atoms with Crippen LogP contribution in [-0.4, -0.2) is 46.1 Å². The molecule has 2 bridgehead atoms. The van der Waals surface area contributed by atoms with E-state index in [-0.39, 0.29) is 5.69 Å². The number of nitrogens with zero attached hydrogens (tertiary/aromatic N) is 2. The van der Waals surface area contributed by atoms with Crippen LogP contribution in [-0.2, 0) is 0 Å². The SMILES string of the molecule is CN1C2CCCC1CC(Nc1nc(C(=O)O)co1)C2. The van der Waals surface area contributed by atoms with Crippen molar-refractivity contribution in [3.63, 3.8) is 0 Å². The summed E-state index contributed by atoms with van der Waals surface area (Å²) in [6.07, 6.45) is 7.12. The first-order valence-electron chi connectivity index (χ1n) is 6.81. The van der Waals surface area contributed by atoms with Crippen molar-refractivity contribution in [3.8, 4) is 0 Å². The molecule has 2 N–H and O–H groups in total. The standard InChI is InChI=1S/C13H19N3O3/c1-16-9-3-2-4-10(16)6-8(5-9)14-13-15-11(7-19-13)12(17)18/h7-10H,2-6H2,1H3,(H,14,15)(H,17,18). The highest BCUT2D eigenvalue weighted by molar-refractivity contribution is 5.85. The molecule has 0 amide bonds. The molecule has 0 radical (unpaired) electrons. The Balaban J connectivity index is 1.65. The van der Waals surface area contributed by atoms with Crippen LogP contribution in [0.25, 0.3) is 0 Å². The molecule has 3 heterocycles. The highest BCUT2D eigenvalue weighted by Crippen LogP contribution is 2.33. The number of nitrogens with one attached hydrogen (secondary N) is 1. The molecule has 0 aliphatic carbocycles. The van der Waals surface area contributed by atoms with E-state index in [4.69, 9.17) is 9.52 Å². The van der Waals surface area contributed by atoms with Crippen molar-refractivity contribution in [2.45, 2.75) is 50.2 Å². The van der Waals surface area contributed by atoms with E-state index in [9.17, 15) is 4.79 Å². The number of piperidine rings is 2. The van der Waals surface area contributed by atoms with E-state index < -0.39 is 5.97 Å². The van der Waals surface area contributed by atoms with Gasteiger partial charge in [0.2, 0.25) is 0 Å². The number of anilines is 1. The van der Waals surface area contributed by atoms with Crippen molar-refractivity contribution >= 4 is 12.0 Å². The van der Waals surface area contributed by atoms with E-state index in [1.807, 2.05) is 0 Å². The first-order valence-corrected chi connectivity index (χ1v) is 6.81. The summed E-state index contributed by atoms with van der Waals surface area (Å²) in [5, 5.41) is 12.1. The van der Waals surface area contributed by atoms with E-state index in [0.29, 0.717) is 24.1 Å². The Kier molecular flexibility index (Phi) is 3.18. The van der Waals surface area contributed by atoms with Crippen LogP contribution in [0.4, 0.5) is 6.01 Å². The van der Waals surface area contributed by atoms with Gasteiger partial charge in [-0.05, 0) is 32.7 Å². The topological polar surface area (TPSA) is 78.6 Å². The van der Waals surface area contributed by atoms with Crippen molar-refractivity contribution in [1.82, 2.24) is 9.88 Å². The van der Waals surface area contributed by atoms with Gasteiger partial charge < -0.3 is 19.7 Å². The molecule has 2 atom stereocenters. The zero-order valence-electron chi connectivity index (χ0n) is 11.0. The zero-order valence-corrected chi connectivity index (χ0v) is 11.0. The Morgan fingerprint density at radius 2 is 2.16 bits per heavy atom. The molecule has 2 fully saturated rings. The fourth-order valence-electron chi connectivity index (χ4n) is 3.35. The van der Waals surface area contributed by atoms with E-state index in [0.717, 1.165) is 12.8 Å². The molecule has 3 rings (SSSR count). The zero-order chi connectivity index (χ0) is 13.4. The van der Waals surface area contributed by atoms with Gasteiger partial charge in [-0.2, -0.15) is 4.98 Å². The van der Waals surface area contributed by atoms with Gasteiger partial charge in [-0.25, -0.2) is 4.79 Å². The normalized spacial score (nSPS) is 31.1. The van der Waals surface area contributed by atoms with Crippen molar-refractivity contribution in [1.29, 1.82) is 0 Å². The van der Waals surface area contributed by atoms with Gasteiger partial charge in [-0.1, -0.05) is 6.42 Å². The molecule has 0 saturated carbocycles.